The molecule has 2 N–H and O–H groups in total. The van der Waals surface area contributed by atoms with E-state index >= 15 is 0 Å². The molecule has 0 radical (unpaired) electrons. The topological polar surface area (TPSA) is 173 Å². The standard InChI is InChI=1S/2C23H32O5S.Ca/c2*1-2-3-4-5-6-7-8-9-10-12-19-17-20(24)15-16-23(19)28-21-13-11-14-22(18-21)29(25,26)27;/h2*11,13-18,24H,2-10,12H2,1H3,(H,25,26,27);/q;;+2/p-2. The van der Waals surface area contributed by atoms with Crippen molar-refractivity contribution in [3.8, 4) is 34.5 Å². The molecule has 59 heavy (non-hydrogen) atoms. The van der Waals surface area contributed by atoms with Crippen LogP contribution in [0.4, 0.5) is 0 Å². The van der Waals surface area contributed by atoms with E-state index in [-0.39, 0.29) is 64.8 Å². The van der Waals surface area contributed by atoms with Crippen LogP contribution in [-0.4, -0.2) is 68.8 Å². The zero-order chi connectivity index (χ0) is 42.2. The predicted molar refractivity (Wildman–Crippen MR) is 232 cm³/mol. The molecule has 0 aromatic heterocycles. The van der Waals surface area contributed by atoms with Crippen LogP contribution < -0.4 is 14.6 Å². The first-order valence-electron chi connectivity index (χ1n) is 20.9. The summed E-state index contributed by atoms with van der Waals surface area (Å²) in [6.07, 6.45) is 23.6. The average Bonchev–Trinajstić information content (AvgIpc) is 3.18. The van der Waals surface area contributed by atoms with E-state index in [1.807, 2.05) is 0 Å². The van der Waals surface area contributed by atoms with Gasteiger partial charge in [0.2, 0.25) is 0 Å². The van der Waals surface area contributed by atoms with Gasteiger partial charge in [0.05, 0.1) is 9.79 Å². The van der Waals surface area contributed by atoms with Crippen LogP contribution >= 0.6 is 0 Å². The van der Waals surface area contributed by atoms with Crippen LogP contribution in [0.2, 0.25) is 0 Å². The SMILES string of the molecule is CCCCCCCCCCCc1cc(O)ccc1Oc1cccc(S(=O)(=O)O)c1.CCCCCCCCCCCc1cc([O-])ccc1Oc1cccc(S(=O)(=O)[O-])c1.[Ca+2]. The molecule has 0 fully saturated rings. The van der Waals surface area contributed by atoms with E-state index in [4.69, 9.17) is 9.47 Å². The number of hydrogen-bond acceptors (Lipinski definition) is 9. The van der Waals surface area contributed by atoms with Gasteiger partial charge in [-0.15, -0.1) is 5.75 Å². The van der Waals surface area contributed by atoms with Gasteiger partial charge in [-0.25, -0.2) is 8.42 Å². The zero-order valence-electron chi connectivity index (χ0n) is 34.9. The third-order valence-electron chi connectivity index (χ3n) is 9.83. The predicted octanol–water partition coefficient (Wildman–Crippen LogP) is 11.7. The molecule has 0 aliphatic carbocycles. The second kappa shape index (κ2) is 28.6. The second-order valence-electron chi connectivity index (χ2n) is 14.8. The Morgan fingerprint density at radius 2 is 0.932 bits per heavy atom. The van der Waals surface area contributed by atoms with Crippen molar-refractivity contribution < 1.29 is 45.6 Å². The average molecular weight is 879 g/mol. The number of hydrogen-bond donors (Lipinski definition) is 2. The first kappa shape index (κ1) is 52.3. The van der Waals surface area contributed by atoms with E-state index in [9.17, 15) is 36.2 Å². The monoisotopic (exact) mass is 878 g/mol. The minimum atomic E-state index is -4.55. The molecule has 0 atom stereocenters. The maximum atomic E-state index is 11.8. The van der Waals surface area contributed by atoms with E-state index in [0.717, 1.165) is 49.7 Å². The molecule has 4 aromatic carbocycles. The molecular formula is C46H62CaO10S2. The van der Waals surface area contributed by atoms with Crippen molar-refractivity contribution in [2.75, 3.05) is 0 Å². The van der Waals surface area contributed by atoms with E-state index in [2.05, 4.69) is 13.8 Å². The Morgan fingerprint density at radius 1 is 0.525 bits per heavy atom. The number of benzene rings is 4. The normalized spacial score (nSPS) is 11.3. The summed E-state index contributed by atoms with van der Waals surface area (Å²) in [6, 6.07) is 20.7. The number of phenolic OH excluding ortho intramolecular Hbond substituents is 1. The van der Waals surface area contributed by atoms with Crippen LogP contribution in [0.5, 0.6) is 34.5 Å². The minimum Gasteiger partial charge on any atom is -0.872 e. The summed E-state index contributed by atoms with van der Waals surface area (Å²) in [5.74, 6) is 1.77. The van der Waals surface area contributed by atoms with Gasteiger partial charge in [0.1, 0.15) is 38.9 Å². The fourth-order valence-corrected chi connectivity index (χ4v) is 7.63. The number of unbranched alkanes of at least 4 members (excludes halogenated alkanes) is 16. The van der Waals surface area contributed by atoms with Gasteiger partial charge in [0, 0.05) is 6.07 Å². The fourth-order valence-electron chi connectivity index (χ4n) is 6.61. The molecule has 0 aliphatic heterocycles. The van der Waals surface area contributed by atoms with E-state index in [0.29, 0.717) is 17.2 Å². The summed E-state index contributed by atoms with van der Waals surface area (Å²) in [5.41, 5.74) is 1.68. The van der Waals surface area contributed by atoms with Crippen molar-refractivity contribution >= 4 is 58.0 Å². The molecule has 0 saturated heterocycles. The molecule has 0 bridgehead atoms. The Labute approximate surface area is 383 Å². The van der Waals surface area contributed by atoms with Crippen LogP contribution in [0.15, 0.2) is 94.7 Å². The van der Waals surface area contributed by atoms with Gasteiger partial charge in [0.25, 0.3) is 10.1 Å². The first-order valence-corrected chi connectivity index (χ1v) is 23.8. The van der Waals surface area contributed by atoms with Crippen LogP contribution in [0.1, 0.15) is 141 Å². The molecule has 4 rings (SSSR count). The van der Waals surface area contributed by atoms with Gasteiger partial charge >= 0.3 is 37.7 Å². The number of phenols is 1. The molecule has 0 heterocycles. The Balaban J connectivity index is 0.000000400. The molecular weight excluding hydrogens is 817 g/mol. The summed E-state index contributed by atoms with van der Waals surface area (Å²) >= 11 is 0. The van der Waals surface area contributed by atoms with E-state index in [1.165, 1.54) is 132 Å². The van der Waals surface area contributed by atoms with Crippen molar-refractivity contribution in [2.45, 2.75) is 152 Å². The maximum absolute atomic E-state index is 11.8. The Kier molecular flexibility index (Phi) is 25.4. The van der Waals surface area contributed by atoms with Crippen LogP contribution in [0.3, 0.4) is 0 Å². The molecule has 10 nitrogen and oxygen atoms in total. The number of ether oxygens (including phenoxy) is 2. The van der Waals surface area contributed by atoms with Crippen LogP contribution in [0, 0.1) is 0 Å². The summed E-state index contributed by atoms with van der Waals surface area (Å²) in [7, 11) is -8.83. The summed E-state index contributed by atoms with van der Waals surface area (Å²) in [6.45, 7) is 4.45. The molecule has 320 valence electrons. The maximum Gasteiger partial charge on any atom is 2.00 e. The van der Waals surface area contributed by atoms with Crippen LogP contribution in [-0.2, 0) is 33.1 Å². The molecule has 0 saturated carbocycles. The van der Waals surface area contributed by atoms with Crippen molar-refractivity contribution in [1.82, 2.24) is 0 Å². The van der Waals surface area contributed by atoms with Crippen LogP contribution in [0.25, 0.3) is 0 Å². The number of rotatable bonds is 26. The van der Waals surface area contributed by atoms with Gasteiger partial charge in [0.15, 0.2) is 0 Å². The Hall–Kier alpha value is -2.84. The summed E-state index contributed by atoms with van der Waals surface area (Å²) in [5, 5.41) is 21.6. The van der Waals surface area contributed by atoms with E-state index in [1.54, 1.807) is 42.5 Å². The third-order valence-corrected chi connectivity index (χ3v) is 11.5. The quantitative estimate of drug-likeness (QED) is 0.0351. The minimum absolute atomic E-state index is 0. The largest absolute Gasteiger partial charge is 2.00 e. The fraction of sp³-hybridized carbons (Fsp3) is 0.478. The van der Waals surface area contributed by atoms with Gasteiger partial charge < -0.3 is 24.2 Å². The summed E-state index contributed by atoms with van der Waals surface area (Å²) in [4.78, 5) is -0.551. The Bertz CT molecular complexity index is 1870. The van der Waals surface area contributed by atoms with Crippen molar-refractivity contribution in [3.05, 3.63) is 96.1 Å². The molecule has 0 unspecified atom stereocenters. The first-order chi connectivity index (χ1) is 27.8. The van der Waals surface area contributed by atoms with Crippen molar-refractivity contribution in [3.63, 3.8) is 0 Å². The van der Waals surface area contributed by atoms with Gasteiger partial charge in [-0.1, -0.05) is 141 Å². The van der Waals surface area contributed by atoms with Gasteiger partial charge in [-0.2, -0.15) is 8.42 Å². The van der Waals surface area contributed by atoms with Crippen molar-refractivity contribution in [2.24, 2.45) is 0 Å². The van der Waals surface area contributed by atoms with Gasteiger partial charge in [-0.05, 0) is 91.4 Å². The van der Waals surface area contributed by atoms with Crippen molar-refractivity contribution in [1.29, 1.82) is 0 Å². The molecule has 4 aromatic rings. The number of aromatic hydroxyl groups is 1. The Morgan fingerprint density at radius 3 is 1.39 bits per heavy atom. The molecule has 0 aliphatic rings. The second-order valence-corrected chi connectivity index (χ2v) is 17.6. The zero-order valence-corrected chi connectivity index (χ0v) is 38.8. The number of aryl methyl sites for hydroxylation is 2. The summed E-state index contributed by atoms with van der Waals surface area (Å²) < 4.78 is 77.1. The smallest absolute Gasteiger partial charge is 0.872 e. The molecule has 13 heteroatoms. The van der Waals surface area contributed by atoms with Gasteiger partial charge in [-0.3, -0.25) is 4.55 Å². The molecule has 0 amide bonds. The third kappa shape index (κ3) is 21.5. The van der Waals surface area contributed by atoms with E-state index < -0.39 is 20.2 Å². The molecule has 0 spiro atoms.